The lowest BCUT2D eigenvalue weighted by atomic mass is 10.2. The van der Waals surface area contributed by atoms with Crippen molar-refractivity contribution >= 4 is 31.9 Å². The summed E-state index contributed by atoms with van der Waals surface area (Å²) in [6.45, 7) is 2.31. The van der Waals surface area contributed by atoms with Gasteiger partial charge in [-0.25, -0.2) is 0 Å². The van der Waals surface area contributed by atoms with Crippen LogP contribution in [0.2, 0.25) is 0 Å². The van der Waals surface area contributed by atoms with Gasteiger partial charge in [0.15, 0.2) is 0 Å². The summed E-state index contributed by atoms with van der Waals surface area (Å²) in [5.74, 6) is 0. The largest absolute Gasteiger partial charge is 0.376 e. The van der Waals surface area contributed by atoms with Crippen LogP contribution in [0, 0.1) is 0 Å². The van der Waals surface area contributed by atoms with Crippen LogP contribution in [0.3, 0.4) is 0 Å². The SMILES string of the molecule is Brc1ccc(CO[C@H]2COC[C@@H]2OCc2ccc(Br)cc2)cc1. The minimum Gasteiger partial charge on any atom is -0.376 e. The highest BCUT2D eigenvalue weighted by molar-refractivity contribution is 9.10. The normalized spacial score (nSPS) is 20.8. The highest BCUT2D eigenvalue weighted by atomic mass is 79.9. The predicted molar refractivity (Wildman–Crippen MR) is 96.3 cm³/mol. The summed E-state index contributed by atoms with van der Waals surface area (Å²) in [5.41, 5.74) is 2.29. The van der Waals surface area contributed by atoms with Crippen LogP contribution in [0.25, 0.3) is 0 Å². The van der Waals surface area contributed by atoms with Gasteiger partial charge in [-0.15, -0.1) is 0 Å². The van der Waals surface area contributed by atoms with Gasteiger partial charge in [0, 0.05) is 8.95 Å². The fourth-order valence-corrected chi connectivity index (χ4v) is 2.92. The average Bonchev–Trinajstić information content (AvgIpc) is 3.01. The standard InChI is InChI=1S/C18H18Br2O3/c19-15-5-1-13(2-6-15)9-22-17-11-21-12-18(17)23-10-14-3-7-16(20)8-4-14/h1-8,17-18H,9-12H2/t17-,18-/m0/s1. The van der Waals surface area contributed by atoms with Crippen molar-refractivity contribution < 1.29 is 14.2 Å². The molecule has 1 heterocycles. The lowest BCUT2D eigenvalue weighted by molar-refractivity contribution is -0.0591. The molecule has 23 heavy (non-hydrogen) atoms. The second-order valence-corrected chi connectivity index (χ2v) is 7.32. The zero-order valence-corrected chi connectivity index (χ0v) is 15.8. The van der Waals surface area contributed by atoms with E-state index in [9.17, 15) is 0 Å². The summed E-state index contributed by atoms with van der Waals surface area (Å²) in [4.78, 5) is 0. The van der Waals surface area contributed by atoms with E-state index in [-0.39, 0.29) is 12.2 Å². The van der Waals surface area contributed by atoms with Crippen molar-refractivity contribution in [3.63, 3.8) is 0 Å². The first-order valence-corrected chi connectivity index (χ1v) is 9.09. The second-order valence-electron chi connectivity index (χ2n) is 5.49. The summed E-state index contributed by atoms with van der Waals surface area (Å²) in [6.07, 6.45) is -0.0387. The van der Waals surface area contributed by atoms with Crippen molar-refractivity contribution in [1.82, 2.24) is 0 Å². The topological polar surface area (TPSA) is 27.7 Å². The lowest BCUT2D eigenvalue weighted by Crippen LogP contribution is -2.29. The van der Waals surface area contributed by atoms with Crippen LogP contribution in [0.4, 0.5) is 0 Å². The molecule has 1 saturated heterocycles. The summed E-state index contributed by atoms with van der Waals surface area (Å²) in [6, 6.07) is 16.3. The Labute approximate surface area is 153 Å². The third kappa shape index (κ3) is 5.13. The molecular formula is C18H18Br2O3. The molecule has 0 radical (unpaired) electrons. The molecule has 0 aliphatic carbocycles. The quantitative estimate of drug-likeness (QED) is 0.649. The molecule has 2 aromatic carbocycles. The Balaban J connectivity index is 1.49. The second kappa shape index (κ2) is 8.40. The minimum atomic E-state index is -0.0194. The fraction of sp³-hybridized carbons (Fsp3) is 0.333. The van der Waals surface area contributed by atoms with Gasteiger partial charge in [0.1, 0.15) is 12.2 Å². The Kier molecular flexibility index (Phi) is 6.25. The van der Waals surface area contributed by atoms with Gasteiger partial charge in [-0.3, -0.25) is 0 Å². The first kappa shape index (κ1) is 17.1. The zero-order chi connectivity index (χ0) is 16.1. The highest BCUT2D eigenvalue weighted by Gasteiger charge is 2.29. The maximum atomic E-state index is 5.98. The van der Waals surface area contributed by atoms with Crippen LogP contribution < -0.4 is 0 Å². The number of ether oxygens (including phenoxy) is 3. The third-order valence-electron chi connectivity index (χ3n) is 3.73. The number of hydrogen-bond donors (Lipinski definition) is 0. The van der Waals surface area contributed by atoms with Gasteiger partial charge in [-0.1, -0.05) is 56.1 Å². The van der Waals surface area contributed by atoms with E-state index in [0.29, 0.717) is 26.4 Å². The first-order valence-electron chi connectivity index (χ1n) is 7.50. The molecule has 0 unspecified atom stereocenters. The molecule has 0 amide bonds. The van der Waals surface area contributed by atoms with E-state index in [4.69, 9.17) is 14.2 Å². The smallest absolute Gasteiger partial charge is 0.110 e. The van der Waals surface area contributed by atoms with Crippen molar-refractivity contribution in [2.45, 2.75) is 25.4 Å². The van der Waals surface area contributed by atoms with Gasteiger partial charge in [0.25, 0.3) is 0 Å². The summed E-state index contributed by atoms with van der Waals surface area (Å²) in [5, 5.41) is 0. The first-order chi connectivity index (χ1) is 11.2. The number of hydrogen-bond acceptors (Lipinski definition) is 3. The average molecular weight is 442 g/mol. The van der Waals surface area contributed by atoms with Crippen molar-refractivity contribution in [2.24, 2.45) is 0 Å². The van der Waals surface area contributed by atoms with Crippen LogP contribution in [0.15, 0.2) is 57.5 Å². The van der Waals surface area contributed by atoms with E-state index in [1.807, 2.05) is 24.3 Å². The monoisotopic (exact) mass is 440 g/mol. The molecular weight excluding hydrogens is 424 g/mol. The van der Waals surface area contributed by atoms with Gasteiger partial charge in [0.05, 0.1) is 26.4 Å². The Hall–Kier alpha value is -0.720. The number of halogens is 2. The number of rotatable bonds is 6. The molecule has 0 spiro atoms. The zero-order valence-electron chi connectivity index (χ0n) is 12.6. The molecule has 0 bridgehead atoms. The van der Waals surface area contributed by atoms with Crippen LogP contribution >= 0.6 is 31.9 Å². The molecule has 122 valence electrons. The Bertz CT molecular complexity index is 558. The van der Waals surface area contributed by atoms with Crippen LogP contribution in [-0.4, -0.2) is 25.4 Å². The van der Waals surface area contributed by atoms with Gasteiger partial charge >= 0.3 is 0 Å². The Morgan fingerprint density at radius 2 is 1.13 bits per heavy atom. The van der Waals surface area contributed by atoms with Gasteiger partial charge in [-0.2, -0.15) is 0 Å². The number of benzene rings is 2. The van der Waals surface area contributed by atoms with Gasteiger partial charge in [0.2, 0.25) is 0 Å². The third-order valence-corrected chi connectivity index (χ3v) is 4.79. The van der Waals surface area contributed by atoms with Gasteiger partial charge in [-0.05, 0) is 35.4 Å². The molecule has 1 fully saturated rings. The predicted octanol–water partition coefficient (Wildman–Crippen LogP) is 4.71. The van der Waals surface area contributed by atoms with Crippen molar-refractivity contribution in [3.8, 4) is 0 Å². The van der Waals surface area contributed by atoms with Gasteiger partial charge < -0.3 is 14.2 Å². The molecule has 2 aromatic rings. The van der Waals surface area contributed by atoms with Crippen LogP contribution in [0.1, 0.15) is 11.1 Å². The van der Waals surface area contributed by atoms with Crippen molar-refractivity contribution in [3.05, 3.63) is 68.6 Å². The molecule has 1 aliphatic heterocycles. The summed E-state index contributed by atoms with van der Waals surface area (Å²) >= 11 is 6.87. The molecule has 5 heteroatoms. The van der Waals surface area contributed by atoms with Crippen molar-refractivity contribution in [2.75, 3.05) is 13.2 Å². The van der Waals surface area contributed by atoms with E-state index >= 15 is 0 Å². The van der Waals surface area contributed by atoms with E-state index in [2.05, 4.69) is 56.1 Å². The highest BCUT2D eigenvalue weighted by Crippen LogP contribution is 2.19. The van der Waals surface area contributed by atoms with E-state index in [0.717, 1.165) is 20.1 Å². The Morgan fingerprint density at radius 3 is 1.52 bits per heavy atom. The maximum absolute atomic E-state index is 5.98. The van der Waals surface area contributed by atoms with E-state index in [1.54, 1.807) is 0 Å². The fourth-order valence-electron chi connectivity index (χ4n) is 2.39. The van der Waals surface area contributed by atoms with Crippen LogP contribution in [-0.2, 0) is 27.4 Å². The Morgan fingerprint density at radius 1 is 0.739 bits per heavy atom. The van der Waals surface area contributed by atoms with E-state index in [1.165, 1.54) is 0 Å². The summed E-state index contributed by atoms with van der Waals surface area (Å²) in [7, 11) is 0. The minimum absolute atomic E-state index is 0.0194. The molecule has 0 N–H and O–H groups in total. The molecule has 2 atom stereocenters. The molecule has 1 aliphatic rings. The maximum Gasteiger partial charge on any atom is 0.110 e. The van der Waals surface area contributed by atoms with Crippen LogP contribution in [0.5, 0.6) is 0 Å². The molecule has 0 saturated carbocycles. The van der Waals surface area contributed by atoms with E-state index < -0.39 is 0 Å². The molecule has 0 aromatic heterocycles. The lowest BCUT2D eigenvalue weighted by Gasteiger charge is -2.19. The van der Waals surface area contributed by atoms with Crippen molar-refractivity contribution in [1.29, 1.82) is 0 Å². The summed E-state index contributed by atoms with van der Waals surface area (Å²) < 4.78 is 19.6. The molecule has 3 nitrogen and oxygen atoms in total. The molecule has 3 rings (SSSR count).